The molecule has 1 saturated heterocycles. The van der Waals surface area contributed by atoms with Gasteiger partial charge in [0.05, 0.1) is 4.92 Å². The Kier molecular flexibility index (Phi) is 7.94. The van der Waals surface area contributed by atoms with Crippen LogP contribution in [0.5, 0.6) is 0 Å². The first-order valence-electron chi connectivity index (χ1n) is 14.2. The zero-order valence-electron chi connectivity index (χ0n) is 23.6. The first-order chi connectivity index (χ1) is 19.1. The standard InChI is InChI=1S/C31H39N5O4/c1-22-4-6-23(7-5-22)29(37)35(21-24-8-9-25-20-28(24)31(25,2)3)19-16-33-14-17-34(18-15-33)30(38)32-26-10-12-27(13-11-26)36(39)40/h4-8,10-13,25,28H,9,14-21H2,1-3H3,(H,32,38). The summed E-state index contributed by atoms with van der Waals surface area (Å²) in [5, 5.41) is 13.7. The summed E-state index contributed by atoms with van der Waals surface area (Å²) in [5.41, 5.74) is 4.09. The fraction of sp³-hybridized carbons (Fsp3) is 0.484. The van der Waals surface area contributed by atoms with Gasteiger partial charge in [0.15, 0.2) is 0 Å². The van der Waals surface area contributed by atoms with Gasteiger partial charge in [-0.2, -0.15) is 0 Å². The number of piperazine rings is 1. The summed E-state index contributed by atoms with van der Waals surface area (Å²) < 4.78 is 0. The van der Waals surface area contributed by atoms with Crippen molar-refractivity contribution in [1.82, 2.24) is 14.7 Å². The summed E-state index contributed by atoms with van der Waals surface area (Å²) in [6.45, 7) is 11.4. The Morgan fingerprint density at radius 3 is 2.33 bits per heavy atom. The van der Waals surface area contributed by atoms with Crippen molar-refractivity contribution >= 4 is 23.3 Å². The number of benzene rings is 2. The van der Waals surface area contributed by atoms with Gasteiger partial charge < -0.3 is 15.1 Å². The van der Waals surface area contributed by atoms with Crippen molar-refractivity contribution in [3.63, 3.8) is 0 Å². The third-order valence-electron chi connectivity index (χ3n) is 9.22. The van der Waals surface area contributed by atoms with Crippen molar-refractivity contribution in [1.29, 1.82) is 0 Å². The molecule has 4 aliphatic rings. The number of allylic oxidation sites excluding steroid dienone is 1. The van der Waals surface area contributed by atoms with Crippen molar-refractivity contribution < 1.29 is 14.5 Å². The largest absolute Gasteiger partial charge is 0.333 e. The van der Waals surface area contributed by atoms with Crippen LogP contribution >= 0.6 is 0 Å². The Morgan fingerprint density at radius 2 is 1.73 bits per heavy atom. The third kappa shape index (κ3) is 5.89. The summed E-state index contributed by atoms with van der Waals surface area (Å²) in [4.78, 5) is 42.8. The van der Waals surface area contributed by atoms with Crippen LogP contribution in [0.2, 0.25) is 0 Å². The number of non-ortho nitro benzene ring substituents is 1. The van der Waals surface area contributed by atoms with Gasteiger partial charge in [-0.25, -0.2) is 4.79 Å². The highest BCUT2D eigenvalue weighted by molar-refractivity contribution is 5.94. The summed E-state index contributed by atoms with van der Waals surface area (Å²) in [6.07, 6.45) is 4.71. The van der Waals surface area contributed by atoms with E-state index in [1.165, 1.54) is 24.1 Å². The van der Waals surface area contributed by atoms with Gasteiger partial charge in [-0.15, -0.1) is 0 Å². The van der Waals surface area contributed by atoms with Crippen LogP contribution in [-0.2, 0) is 0 Å². The number of nitro benzene ring substituents is 1. The number of urea groups is 1. The molecule has 2 atom stereocenters. The Labute approximate surface area is 236 Å². The number of anilines is 1. The van der Waals surface area contributed by atoms with Crippen molar-refractivity contribution in [3.8, 4) is 0 Å². The van der Waals surface area contributed by atoms with E-state index in [9.17, 15) is 19.7 Å². The molecule has 2 unspecified atom stereocenters. The second kappa shape index (κ2) is 11.4. The number of amides is 3. The molecule has 6 rings (SSSR count). The topological polar surface area (TPSA) is 99.0 Å². The highest BCUT2D eigenvalue weighted by Crippen LogP contribution is 2.59. The molecule has 1 heterocycles. The van der Waals surface area contributed by atoms with Crippen LogP contribution in [0.4, 0.5) is 16.2 Å². The van der Waals surface area contributed by atoms with Gasteiger partial charge in [-0.3, -0.25) is 19.8 Å². The van der Waals surface area contributed by atoms with E-state index in [-0.39, 0.29) is 17.6 Å². The molecule has 9 nitrogen and oxygen atoms in total. The quantitative estimate of drug-likeness (QED) is 0.280. The van der Waals surface area contributed by atoms with Gasteiger partial charge in [0.2, 0.25) is 0 Å². The van der Waals surface area contributed by atoms with Gasteiger partial charge >= 0.3 is 6.03 Å². The van der Waals surface area contributed by atoms with Crippen LogP contribution in [0.15, 0.2) is 60.2 Å². The van der Waals surface area contributed by atoms with E-state index >= 15 is 0 Å². The molecule has 2 aromatic carbocycles. The number of aryl methyl sites for hydroxylation is 1. The smallest absolute Gasteiger partial charge is 0.321 e. The third-order valence-corrected chi connectivity index (χ3v) is 9.22. The Hall–Kier alpha value is -3.72. The fourth-order valence-corrected chi connectivity index (χ4v) is 6.31. The maximum atomic E-state index is 13.6. The molecule has 0 spiro atoms. The first kappa shape index (κ1) is 27.8. The van der Waals surface area contributed by atoms with E-state index in [4.69, 9.17) is 0 Å². The van der Waals surface area contributed by atoms with Crippen LogP contribution in [0, 0.1) is 34.3 Å². The van der Waals surface area contributed by atoms with Crippen molar-refractivity contribution in [2.24, 2.45) is 17.3 Å². The van der Waals surface area contributed by atoms with E-state index < -0.39 is 4.92 Å². The number of nitro groups is 1. The molecule has 212 valence electrons. The minimum atomic E-state index is -0.463. The molecule has 0 aromatic heterocycles. The molecule has 2 aromatic rings. The summed E-state index contributed by atoms with van der Waals surface area (Å²) in [6, 6.07) is 13.5. The van der Waals surface area contributed by atoms with Gasteiger partial charge in [-0.05, 0) is 61.3 Å². The molecule has 0 radical (unpaired) electrons. The van der Waals surface area contributed by atoms with E-state index in [1.807, 2.05) is 36.1 Å². The Bertz CT molecular complexity index is 1280. The van der Waals surface area contributed by atoms with Gasteiger partial charge in [0, 0.05) is 69.2 Å². The maximum absolute atomic E-state index is 13.6. The highest BCUT2D eigenvalue weighted by Gasteiger charge is 2.51. The zero-order chi connectivity index (χ0) is 28.4. The van der Waals surface area contributed by atoms with Crippen molar-refractivity contribution in [2.45, 2.75) is 33.6 Å². The summed E-state index contributed by atoms with van der Waals surface area (Å²) in [7, 11) is 0. The second-order valence-corrected chi connectivity index (χ2v) is 12.0. The number of rotatable bonds is 8. The van der Waals surface area contributed by atoms with Crippen molar-refractivity contribution in [3.05, 3.63) is 81.4 Å². The molecule has 1 N–H and O–H groups in total. The van der Waals surface area contributed by atoms with Crippen LogP contribution in [0.1, 0.15) is 42.6 Å². The average Bonchev–Trinajstić information content (AvgIpc) is 2.95. The molecular formula is C31H39N5O4. The number of hydrogen-bond acceptors (Lipinski definition) is 5. The second-order valence-electron chi connectivity index (χ2n) is 12.0. The lowest BCUT2D eigenvalue weighted by Crippen LogP contribution is -2.52. The Balaban J connectivity index is 1.17. The van der Waals surface area contributed by atoms with E-state index in [1.54, 1.807) is 17.0 Å². The molecule has 2 fully saturated rings. The lowest BCUT2D eigenvalue weighted by molar-refractivity contribution is -0.384. The molecule has 1 aliphatic heterocycles. The predicted octanol–water partition coefficient (Wildman–Crippen LogP) is 5.19. The van der Waals surface area contributed by atoms with Crippen molar-refractivity contribution in [2.75, 3.05) is 51.1 Å². The fourth-order valence-electron chi connectivity index (χ4n) is 6.31. The number of nitrogens with one attached hydrogen (secondary N) is 1. The number of carbonyl (C=O) groups is 2. The number of hydrogen-bond donors (Lipinski definition) is 1. The first-order valence-corrected chi connectivity index (χ1v) is 14.2. The highest BCUT2D eigenvalue weighted by atomic mass is 16.6. The van der Waals surface area contributed by atoms with E-state index in [0.29, 0.717) is 43.2 Å². The van der Waals surface area contributed by atoms with Gasteiger partial charge in [0.1, 0.15) is 0 Å². The van der Waals surface area contributed by atoms with Crippen LogP contribution in [-0.4, -0.2) is 77.4 Å². The predicted molar refractivity (Wildman–Crippen MR) is 155 cm³/mol. The molecule has 40 heavy (non-hydrogen) atoms. The van der Waals surface area contributed by atoms with Crippen LogP contribution < -0.4 is 5.32 Å². The molecule has 9 heteroatoms. The number of nitrogens with zero attached hydrogens (tertiary/aromatic N) is 4. The minimum Gasteiger partial charge on any atom is -0.333 e. The molecular weight excluding hydrogens is 506 g/mol. The summed E-state index contributed by atoms with van der Waals surface area (Å²) in [5.74, 6) is 1.38. The van der Waals surface area contributed by atoms with Crippen LogP contribution in [0.3, 0.4) is 0 Å². The zero-order valence-corrected chi connectivity index (χ0v) is 23.6. The number of fused-ring (bicyclic) bond motifs is 1. The van der Waals surface area contributed by atoms with Gasteiger partial charge in [-0.1, -0.05) is 43.2 Å². The minimum absolute atomic E-state index is 0.0121. The number of carbonyl (C=O) groups excluding carboxylic acids is 2. The van der Waals surface area contributed by atoms with E-state index in [0.717, 1.165) is 43.1 Å². The van der Waals surface area contributed by atoms with Gasteiger partial charge in [0.25, 0.3) is 11.6 Å². The molecule has 3 amide bonds. The monoisotopic (exact) mass is 545 g/mol. The molecule has 3 aliphatic carbocycles. The average molecular weight is 546 g/mol. The maximum Gasteiger partial charge on any atom is 0.321 e. The lowest BCUT2D eigenvalue weighted by atomic mass is 9.49. The lowest BCUT2D eigenvalue weighted by Gasteiger charge is -2.57. The Morgan fingerprint density at radius 1 is 1.05 bits per heavy atom. The van der Waals surface area contributed by atoms with E-state index in [2.05, 4.69) is 30.1 Å². The molecule has 2 bridgehead atoms. The SMILES string of the molecule is Cc1ccc(C(=O)N(CCN2CCN(C(=O)Nc3ccc([N+](=O)[O-])cc3)CC2)CC2=CCC3CC2C3(C)C)cc1. The molecule has 1 saturated carbocycles. The van der Waals surface area contributed by atoms with Crippen LogP contribution in [0.25, 0.3) is 0 Å². The summed E-state index contributed by atoms with van der Waals surface area (Å²) >= 11 is 0. The normalized spacial score (nSPS) is 21.7.